The fraction of sp³-hybridized carbons (Fsp3) is 0.467. The van der Waals surface area contributed by atoms with Crippen LogP contribution < -0.4 is 20.7 Å². The molecule has 3 N–H and O–H groups in total. The van der Waals surface area contributed by atoms with E-state index >= 15 is 0 Å². The number of carbonyl (C=O) groups is 1. The number of fused-ring (bicyclic) bond motifs is 1. The van der Waals surface area contributed by atoms with Crippen LogP contribution in [-0.2, 0) is 11.3 Å². The van der Waals surface area contributed by atoms with E-state index in [1.165, 1.54) is 0 Å². The first-order valence-electron chi connectivity index (χ1n) is 7.83. The second-order valence-electron chi connectivity index (χ2n) is 5.55. The Morgan fingerprint density at radius 2 is 2.25 bits per heavy atom. The van der Waals surface area contributed by atoms with Crippen molar-refractivity contribution in [2.45, 2.75) is 33.2 Å². The molecule has 0 atom stereocenters. The van der Waals surface area contributed by atoms with Gasteiger partial charge in [0.25, 0.3) is 0 Å². The molecule has 2 aromatic heterocycles. The lowest BCUT2D eigenvalue weighted by atomic mass is 10.2. The van der Waals surface area contributed by atoms with Crippen molar-refractivity contribution in [1.29, 1.82) is 0 Å². The Hall–Kier alpha value is -2.42. The van der Waals surface area contributed by atoms with Crippen LogP contribution in [0, 0.1) is 6.92 Å². The highest BCUT2D eigenvalue weighted by atomic mass is 32.1. The van der Waals surface area contributed by atoms with Gasteiger partial charge in [-0.15, -0.1) is 11.3 Å². The molecule has 0 saturated heterocycles. The number of anilines is 3. The van der Waals surface area contributed by atoms with E-state index in [9.17, 15) is 4.79 Å². The van der Waals surface area contributed by atoms with Crippen molar-refractivity contribution in [2.24, 2.45) is 0 Å². The van der Waals surface area contributed by atoms with Gasteiger partial charge in [0.1, 0.15) is 5.69 Å². The number of hydrogen-bond acceptors (Lipinski definition) is 8. The maximum Gasteiger partial charge on any atom is 0.320 e. The highest BCUT2D eigenvalue weighted by Gasteiger charge is 2.27. The molecule has 0 unspecified atom stereocenters. The molecule has 3 heterocycles. The van der Waals surface area contributed by atoms with Crippen LogP contribution in [0.25, 0.3) is 0 Å². The average molecular weight is 348 g/mol. The normalized spacial score (nSPS) is 13.6. The summed E-state index contributed by atoms with van der Waals surface area (Å²) in [5.74, 6) is 0.627. The van der Waals surface area contributed by atoms with Gasteiger partial charge < -0.3 is 20.7 Å². The van der Waals surface area contributed by atoms with Gasteiger partial charge in [-0.25, -0.2) is 4.98 Å². The molecule has 8 nitrogen and oxygen atoms in total. The number of unbranched alkanes of at least 4 members (excludes halogenated alkanes) is 1. The number of aryl methyl sites for hydroxylation is 1. The summed E-state index contributed by atoms with van der Waals surface area (Å²) in [7, 11) is 0. The van der Waals surface area contributed by atoms with E-state index in [1.807, 2.05) is 17.2 Å². The minimum Gasteiger partial charge on any atom is -0.463 e. The molecular formula is C15H20N6O2S. The van der Waals surface area contributed by atoms with E-state index in [0.717, 1.165) is 23.5 Å². The molecule has 0 saturated carbocycles. The van der Waals surface area contributed by atoms with Crippen molar-refractivity contribution >= 4 is 34.6 Å². The number of amides is 1. The first-order chi connectivity index (χ1) is 11.6. The Balaban J connectivity index is 1.88. The fourth-order valence-electron chi connectivity index (χ4n) is 2.40. The Morgan fingerprint density at radius 1 is 1.42 bits per heavy atom. The Kier molecular flexibility index (Phi) is 4.79. The third-order valence-corrected chi connectivity index (χ3v) is 4.37. The summed E-state index contributed by atoms with van der Waals surface area (Å²) in [6, 6.07) is 0.232. The van der Waals surface area contributed by atoms with Crippen LogP contribution in [0.1, 0.15) is 30.5 Å². The molecule has 1 amide bonds. The molecule has 0 spiro atoms. The standard InChI is InChI=1S/C15H20N6O2S/c1-3-4-5-23-15-19-13(16)12-14(20-15)21(7-11(22)18-12)6-10-8-24-9(2)17-10/h8H,3-7H2,1-2H3,(H,18,22)(H2,16,19,20). The monoisotopic (exact) mass is 348 g/mol. The number of aromatic nitrogens is 3. The van der Waals surface area contributed by atoms with Crippen molar-refractivity contribution in [2.75, 3.05) is 29.1 Å². The molecule has 0 aliphatic carbocycles. The number of carbonyl (C=O) groups excluding carboxylic acids is 1. The Labute approximate surface area is 144 Å². The molecular weight excluding hydrogens is 328 g/mol. The third-order valence-electron chi connectivity index (χ3n) is 3.54. The van der Waals surface area contributed by atoms with Crippen molar-refractivity contribution in [3.63, 3.8) is 0 Å². The smallest absolute Gasteiger partial charge is 0.320 e. The van der Waals surface area contributed by atoms with Gasteiger partial charge in [-0.3, -0.25) is 4.79 Å². The summed E-state index contributed by atoms with van der Waals surface area (Å²) < 4.78 is 5.57. The van der Waals surface area contributed by atoms with Gasteiger partial charge in [0, 0.05) is 5.38 Å². The summed E-state index contributed by atoms with van der Waals surface area (Å²) >= 11 is 1.57. The molecule has 3 rings (SSSR count). The van der Waals surface area contributed by atoms with Crippen LogP contribution in [0.2, 0.25) is 0 Å². The molecule has 2 aromatic rings. The molecule has 0 radical (unpaired) electrons. The van der Waals surface area contributed by atoms with Gasteiger partial charge in [-0.1, -0.05) is 13.3 Å². The highest BCUT2D eigenvalue weighted by molar-refractivity contribution is 7.09. The molecule has 0 bridgehead atoms. The van der Waals surface area contributed by atoms with Crippen molar-refractivity contribution < 1.29 is 9.53 Å². The van der Waals surface area contributed by atoms with Gasteiger partial charge in [-0.05, 0) is 13.3 Å². The first-order valence-corrected chi connectivity index (χ1v) is 8.71. The van der Waals surface area contributed by atoms with E-state index < -0.39 is 0 Å². The summed E-state index contributed by atoms with van der Waals surface area (Å²) in [5, 5.41) is 5.70. The number of nitrogens with one attached hydrogen (secondary N) is 1. The van der Waals surface area contributed by atoms with Gasteiger partial charge in [0.2, 0.25) is 5.91 Å². The predicted octanol–water partition coefficient (Wildman–Crippen LogP) is 1.96. The maximum atomic E-state index is 12.0. The minimum atomic E-state index is -0.149. The van der Waals surface area contributed by atoms with Gasteiger partial charge in [0.05, 0.1) is 30.4 Å². The number of nitrogens with zero attached hydrogens (tertiary/aromatic N) is 4. The maximum absolute atomic E-state index is 12.0. The number of nitrogens with two attached hydrogens (primary N) is 1. The highest BCUT2D eigenvalue weighted by Crippen LogP contribution is 2.34. The van der Waals surface area contributed by atoms with Crippen LogP contribution >= 0.6 is 11.3 Å². The Morgan fingerprint density at radius 3 is 2.96 bits per heavy atom. The number of nitrogen functional groups attached to an aromatic ring is 1. The number of rotatable bonds is 6. The largest absolute Gasteiger partial charge is 0.463 e. The molecule has 0 aromatic carbocycles. The van der Waals surface area contributed by atoms with Crippen molar-refractivity contribution in [3.05, 3.63) is 16.1 Å². The lowest BCUT2D eigenvalue weighted by Crippen LogP contribution is -2.39. The number of thiazole rings is 1. The van der Waals surface area contributed by atoms with Crippen LogP contribution in [0.5, 0.6) is 6.01 Å². The lowest BCUT2D eigenvalue weighted by molar-refractivity contribution is -0.115. The van der Waals surface area contributed by atoms with Gasteiger partial charge in [0.15, 0.2) is 11.6 Å². The summed E-state index contributed by atoms with van der Waals surface area (Å²) in [5.41, 5.74) is 7.31. The van der Waals surface area contributed by atoms with Crippen LogP contribution in [0.4, 0.5) is 17.3 Å². The third kappa shape index (κ3) is 3.56. The molecule has 9 heteroatoms. The van der Waals surface area contributed by atoms with Crippen molar-refractivity contribution in [1.82, 2.24) is 15.0 Å². The van der Waals surface area contributed by atoms with Gasteiger partial charge >= 0.3 is 6.01 Å². The lowest BCUT2D eigenvalue weighted by Gasteiger charge is -2.29. The zero-order chi connectivity index (χ0) is 17.1. The average Bonchev–Trinajstić information content (AvgIpc) is 2.94. The van der Waals surface area contributed by atoms with Crippen LogP contribution in [0.3, 0.4) is 0 Å². The zero-order valence-electron chi connectivity index (χ0n) is 13.7. The summed E-state index contributed by atoms with van der Waals surface area (Å²) in [4.78, 5) is 26.8. The predicted molar refractivity (Wildman–Crippen MR) is 93.4 cm³/mol. The van der Waals surface area contributed by atoms with Crippen molar-refractivity contribution in [3.8, 4) is 6.01 Å². The minimum absolute atomic E-state index is 0.149. The fourth-order valence-corrected chi connectivity index (χ4v) is 3.00. The van der Waals surface area contributed by atoms with E-state index in [-0.39, 0.29) is 24.3 Å². The number of ether oxygens (including phenoxy) is 1. The van der Waals surface area contributed by atoms with E-state index in [2.05, 4.69) is 27.2 Å². The molecule has 1 aliphatic heterocycles. The quantitative estimate of drug-likeness (QED) is 0.769. The van der Waals surface area contributed by atoms with Crippen LogP contribution in [-0.4, -0.2) is 34.0 Å². The van der Waals surface area contributed by atoms with Gasteiger partial charge in [-0.2, -0.15) is 9.97 Å². The van der Waals surface area contributed by atoms with E-state index in [4.69, 9.17) is 10.5 Å². The summed E-state index contributed by atoms with van der Waals surface area (Å²) in [6.07, 6.45) is 1.94. The molecule has 0 fully saturated rings. The molecule has 128 valence electrons. The first kappa shape index (κ1) is 16.4. The SMILES string of the molecule is CCCCOc1nc(N)c2c(n1)N(Cc1csc(C)n1)CC(=O)N2. The zero-order valence-corrected chi connectivity index (χ0v) is 14.5. The Bertz CT molecular complexity index is 748. The summed E-state index contributed by atoms with van der Waals surface area (Å²) in [6.45, 7) is 5.24. The molecule has 1 aliphatic rings. The van der Waals surface area contributed by atoms with E-state index in [1.54, 1.807) is 11.3 Å². The number of hydrogen-bond donors (Lipinski definition) is 2. The van der Waals surface area contributed by atoms with E-state index in [0.29, 0.717) is 24.7 Å². The second-order valence-corrected chi connectivity index (χ2v) is 6.62. The van der Waals surface area contributed by atoms with Crippen LogP contribution in [0.15, 0.2) is 5.38 Å². The molecule has 24 heavy (non-hydrogen) atoms. The second kappa shape index (κ2) is 7.00. The topological polar surface area (TPSA) is 106 Å².